The fourth-order valence-corrected chi connectivity index (χ4v) is 5.23. The molecular weight excluding hydrogens is 780 g/mol. The minimum atomic E-state index is -6.32. The zero-order valence-corrected chi connectivity index (χ0v) is 23.1. The normalized spacial score (nSPS) is 12.3. The number of hydrogen-bond acceptors (Lipinski definition) is 3. The highest BCUT2D eigenvalue weighted by Gasteiger charge is 2.73. The first-order valence-electron chi connectivity index (χ1n) is 9.83. The first-order chi connectivity index (χ1) is 17.5. The fraction of sp³-hybridized carbons (Fsp3) is 0.136. The molecule has 0 aliphatic heterocycles. The van der Waals surface area contributed by atoms with Gasteiger partial charge in [-0.05, 0) is 59.0 Å². The molecule has 0 radical (unpaired) electrons. The molecule has 0 spiro atoms. The maximum Gasteiger partial charge on any atom is 0.435 e. The van der Waals surface area contributed by atoms with Gasteiger partial charge in [0.1, 0.15) is 5.15 Å². The summed E-state index contributed by atoms with van der Waals surface area (Å²) < 4.78 is 108. The Kier molecular flexibility index (Phi) is 8.82. The lowest BCUT2D eigenvalue weighted by Gasteiger charge is -2.30. The van der Waals surface area contributed by atoms with E-state index in [9.17, 15) is 40.3 Å². The Morgan fingerprint density at radius 2 is 1.53 bits per heavy atom. The Morgan fingerprint density at radius 3 is 2.08 bits per heavy atom. The number of amides is 2. The summed E-state index contributed by atoms with van der Waals surface area (Å²) in [7, 11) is 0. The molecule has 3 aromatic rings. The second-order valence-corrected chi connectivity index (χ2v) is 9.85. The third-order valence-electron chi connectivity index (χ3n) is 5.00. The van der Waals surface area contributed by atoms with Gasteiger partial charge in [-0.2, -0.15) is 26.3 Å². The summed E-state index contributed by atoms with van der Waals surface area (Å²) in [6.07, 6.45) is -11.3. The van der Waals surface area contributed by atoms with Gasteiger partial charge in [0.05, 0.1) is 45.4 Å². The fourth-order valence-electron chi connectivity index (χ4n) is 3.12. The van der Waals surface area contributed by atoms with Crippen LogP contribution in [-0.4, -0.2) is 29.2 Å². The van der Waals surface area contributed by atoms with E-state index >= 15 is 4.39 Å². The van der Waals surface area contributed by atoms with E-state index in [1.807, 2.05) is 0 Å². The van der Waals surface area contributed by atoms with Gasteiger partial charge in [-0.1, -0.05) is 23.7 Å². The topological polar surface area (TPSA) is 62.3 Å². The Bertz CT molecular complexity index is 1390. The van der Waals surface area contributed by atoms with Crippen molar-refractivity contribution in [1.82, 2.24) is 4.98 Å². The van der Waals surface area contributed by atoms with E-state index in [1.54, 1.807) is 0 Å². The van der Waals surface area contributed by atoms with Gasteiger partial charge in [0.2, 0.25) is 0 Å². The SMILES string of the molecule is O=C(Nc1cccc(C(=O)N(I)c2ccc(C(F)(C(F)(F)F)C(F)(F)F)cc2I)c1F)c1cccnc1Cl. The molecule has 0 aliphatic carbocycles. The monoisotopic (exact) mass is 789 g/mol. The number of benzene rings is 2. The smallest absolute Gasteiger partial charge is 0.319 e. The Labute approximate surface area is 241 Å². The van der Waals surface area contributed by atoms with E-state index in [2.05, 4.69) is 10.3 Å². The first kappa shape index (κ1) is 30.3. The van der Waals surface area contributed by atoms with Gasteiger partial charge >= 0.3 is 18.0 Å². The van der Waals surface area contributed by atoms with Crippen LogP contribution in [0.15, 0.2) is 54.7 Å². The quantitative estimate of drug-likeness (QED) is 0.123. The molecule has 5 nitrogen and oxygen atoms in total. The average molecular weight is 790 g/mol. The first-order valence-corrected chi connectivity index (χ1v) is 12.3. The molecule has 2 amide bonds. The van der Waals surface area contributed by atoms with Crippen molar-refractivity contribution in [2.24, 2.45) is 0 Å². The van der Waals surface area contributed by atoms with Gasteiger partial charge in [-0.15, -0.1) is 0 Å². The number of pyridine rings is 1. The van der Waals surface area contributed by atoms with Crippen molar-refractivity contribution in [1.29, 1.82) is 0 Å². The van der Waals surface area contributed by atoms with Gasteiger partial charge in [0, 0.05) is 15.3 Å². The number of nitrogens with one attached hydrogen (secondary N) is 1. The van der Waals surface area contributed by atoms with E-state index in [1.165, 1.54) is 69.9 Å². The van der Waals surface area contributed by atoms with E-state index in [0.717, 1.165) is 12.1 Å². The second-order valence-electron chi connectivity index (χ2n) is 7.37. The van der Waals surface area contributed by atoms with Crippen LogP contribution in [0.25, 0.3) is 0 Å². The van der Waals surface area contributed by atoms with Crippen molar-refractivity contribution in [3.05, 3.63) is 86.0 Å². The van der Waals surface area contributed by atoms with Gasteiger partial charge in [-0.3, -0.25) is 9.59 Å². The van der Waals surface area contributed by atoms with Crippen LogP contribution in [0.2, 0.25) is 5.15 Å². The summed E-state index contributed by atoms with van der Waals surface area (Å²) >= 11 is 8.52. The molecule has 0 fully saturated rings. The zero-order valence-electron chi connectivity index (χ0n) is 18.1. The van der Waals surface area contributed by atoms with E-state index < -0.39 is 52.5 Å². The van der Waals surface area contributed by atoms with Gasteiger partial charge in [0.25, 0.3) is 11.8 Å². The molecule has 0 aliphatic rings. The molecule has 0 bridgehead atoms. The molecule has 0 saturated carbocycles. The highest BCUT2D eigenvalue weighted by atomic mass is 127. The molecule has 3 rings (SSSR count). The maximum absolute atomic E-state index is 15.1. The third-order valence-corrected chi connectivity index (χ3v) is 7.12. The minimum Gasteiger partial charge on any atom is -0.319 e. The summed E-state index contributed by atoms with van der Waals surface area (Å²) in [6.45, 7) is 0. The Hall–Kier alpha value is -2.28. The molecule has 16 heteroatoms. The maximum atomic E-state index is 15.1. The molecule has 1 N–H and O–H groups in total. The van der Waals surface area contributed by atoms with Crippen molar-refractivity contribution in [2.75, 3.05) is 8.43 Å². The largest absolute Gasteiger partial charge is 0.435 e. The molecule has 1 heterocycles. The van der Waals surface area contributed by atoms with Crippen LogP contribution >= 0.6 is 57.1 Å². The molecule has 1 aromatic heterocycles. The average Bonchev–Trinajstić information content (AvgIpc) is 2.82. The highest BCUT2D eigenvalue weighted by molar-refractivity contribution is 14.1. The molecule has 0 unspecified atom stereocenters. The number of anilines is 2. The van der Waals surface area contributed by atoms with Crippen LogP contribution in [0.3, 0.4) is 0 Å². The van der Waals surface area contributed by atoms with Crippen molar-refractivity contribution < 1.29 is 44.7 Å². The number of alkyl halides is 7. The van der Waals surface area contributed by atoms with Crippen molar-refractivity contribution in [2.45, 2.75) is 18.0 Å². The Balaban J connectivity index is 1.93. The van der Waals surface area contributed by atoms with Crippen molar-refractivity contribution >= 4 is 80.2 Å². The van der Waals surface area contributed by atoms with E-state index in [0.29, 0.717) is 15.2 Å². The second kappa shape index (κ2) is 11.1. The minimum absolute atomic E-state index is 0.0860. The van der Waals surface area contributed by atoms with Crippen LogP contribution in [0.4, 0.5) is 46.5 Å². The summed E-state index contributed by atoms with van der Waals surface area (Å²) in [5, 5.41) is 2.07. The predicted molar refractivity (Wildman–Crippen MR) is 138 cm³/mol. The van der Waals surface area contributed by atoms with Gasteiger partial charge < -0.3 is 5.32 Å². The summed E-state index contributed by atoms with van der Waals surface area (Å²) in [5.41, 5.74) is -8.76. The number of halogens is 11. The Morgan fingerprint density at radius 1 is 0.921 bits per heavy atom. The van der Waals surface area contributed by atoms with E-state index in [4.69, 9.17) is 11.6 Å². The van der Waals surface area contributed by atoms with Gasteiger partial charge in [-0.25, -0.2) is 16.9 Å². The number of hydrogen-bond donors (Lipinski definition) is 1. The molecule has 38 heavy (non-hydrogen) atoms. The zero-order chi connectivity index (χ0) is 28.6. The van der Waals surface area contributed by atoms with Crippen LogP contribution in [-0.2, 0) is 5.67 Å². The molecular formula is C22H10ClF8I2N3O2. The van der Waals surface area contributed by atoms with Crippen LogP contribution < -0.4 is 8.43 Å². The van der Waals surface area contributed by atoms with Crippen LogP contribution in [0.5, 0.6) is 0 Å². The highest BCUT2D eigenvalue weighted by Crippen LogP contribution is 2.53. The summed E-state index contributed by atoms with van der Waals surface area (Å²) in [4.78, 5) is 29.1. The lowest BCUT2D eigenvalue weighted by molar-refractivity contribution is -0.348. The number of rotatable bonds is 5. The number of aromatic nitrogens is 1. The molecule has 0 saturated heterocycles. The standard InChI is InChI=1S/C22H10ClF8I2N3O2/c23-17-12(4-2-8-34-17)18(37)35-14-5-1-3-11(16(14)24)19(38)36(33)15-7-6-10(9-13(15)32)20(25,21(26,27)28)22(29,30)31/h1-9H,(H,35,37). The number of carbonyl (C=O) groups excluding carboxylic acids is 2. The third kappa shape index (κ3) is 5.68. The summed E-state index contributed by atoms with van der Waals surface area (Å²) in [6, 6.07) is 7.33. The lowest BCUT2D eigenvalue weighted by atomic mass is 9.94. The molecule has 2 aromatic carbocycles. The number of nitrogens with zero attached hydrogens (tertiary/aromatic N) is 2. The van der Waals surface area contributed by atoms with Gasteiger partial charge in [0.15, 0.2) is 5.82 Å². The van der Waals surface area contributed by atoms with E-state index in [-0.39, 0.29) is 26.0 Å². The molecule has 0 atom stereocenters. The molecule has 202 valence electrons. The van der Waals surface area contributed by atoms with Crippen molar-refractivity contribution in [3.8, 4) is 0 Å². The van der Waals surface area contributed by atoms with Crippen LogP contribution in [0.1, 0.15) is 26.3 Å². The summed E-state index contributed by atoms with van der Waals surface area (Å²) in [5.74, 6) is -3.11. The predicted octanol–water partition coefficient (Wildman–Crippen LogP) is 8.02. The lowest BCUT2D eigenvalue weighted by Crippen LogP contribution is -2.50. The number of carbonyl (C=O) groups is 2. The van der Waals surface area contributed by atoms with Crippen molar-refractivity contribution in [3.63, 3.8) is 0 Å². The van der Waals surface area contributed by atoms with Crippen LogP contribution in [0, 0.1) is 9.39 Å².